The average Bonchev–Trinajstić information content (AvgIpc) is 3.74. The third-order valence-corrected chi connectivity index (χ3v) is 7.79. The number of hydrogen-bond donors (Lipinski definition) is 1. The molecular formula is C30H21ClN4O4S. The number of halogens is 1. The number of thiophene rings is 1. The monoisotopic (exact) mass is 568 g/mol. The molecule has 0 amide bonds. The van der Waals surface area contributed by atoms with Gasteiger partial charge in [-0.1, -0.05) is 48.0 Å². The number of rotatable bonds is 8. The second kappa shape index (κ2) is 10.8. The first-order chi connectivity index (χ1) is 19.5. The molecule has 6 aromatic rings. The highest BCUT2D eigenvalue weighted by molar-refractivity contribution is 7.16. The molecule has 198 valence electrons. The van der Waals surface area contributed by atoms with Crippen molar-refractivity contribution in [1.82, 2.24) is 14.3 Å². The molecule has 10 heteroatoms. The molecule has 8 nitrogen and oxygen atoms in total. The molecule has 0 fully saturated rings. The summed E-state index contributed by atoms with van der Waals surface area (Å²) in [7, 11) is 0. The lowest BCUT2D eigenvalue weighted by Gasteiger charge is -2.11. The molecule has 0 saturated carbocycles. The number of benzene rings is 2. The van der Waals surface area contributed by atoms with Crippen molar-refractivity contribution in [3.05, 3.63) is 128 Å². The number of fused-ring (bicyclic) bond motifs is 1. The van der Waals surface area contributed by atoms with Crippen LogP contribution in [0, 0.1) is 0 Å². The van der Waals surface area contributed by atoms with E-state index in [0.717, 1.165) is 27.5 Å². The minimum atomic E-state index is -0.408. The van der Waals surface area contributed by atoms with Crippen LogP contribution in [-0.2, 0) is 13.1 Å². The van der Waals surface area contributed by atoms with Gasteiger partial charge in [-0.3, -0.25) is 14.4 Å². The average molecular weight is 569 g/mol. The van der Waals surface area contributed by atoms with E-state index in [1.165, 1.54) is 33.1 Å². The molecule has 0 unspecified atom stereocenters. The van der Waals surface area contributed by atoms with Gasteiger partial charge in [-0.15, -0.1) is 11.3 Å². The predicted octanol–water partition coefficient (Wildman–Crippen LogP) is 6.33. The lowest BCUT2D eigenvalue weighted by atomic mass is 9.99. The van der Waals surface area contributed by atoms with Gasteiger partial charge in [0.25, 0.3) is 11.5 Å². The van der Waals surface area contributed by atoms with Crippen LogP contribution >= 0.6 is 22.9 Å². The molecule has 0 spiro atoms. The molecular weight excluding hydrogens is 548 g/mol. The molecule has 0 aliphatic carbocycles. The summed E-state index contributed by atoms with van der Waals surface area (Å²) in [4.78, 5) is 39.8. The minimum Gasteiger partial charge on any atom is -0.472 e. The second-order valence-electron chi connectivity index (χ2n) is 9.04. The Balaban J connectivity index is 1.37. The number of carbonyl (C=O) groups is 2. The van der Waals surface area contributed by atoms with Crippen LogP contribution in [-0.4, -0.2) is 26.5 Å². The van der Waals surface area contributed by atoms with Crippen LogP contribution in [0.25, 0.3) is 22.0 Å². The zero-order valence-corrected chi connectivity index (χ0v) is 22.5. The van der Waals surface area contributed by atoms with Gasteiger partial charge < -0.3 is 14.3 Å². The van der Waals surface area contributed by atoms with Crippen LogP contribution in [0.15, 0.2) is 101 Å². The molecule has 1 N–H and O–H groups in total. The molecule has 0 radical (unpaired) electrons. The number of pyridine rings is 1. The first-order valence-electron chi connectivity index (χ1n) is 12.3. The van der Waals surface area contributed by atoms with Gasteiger partial charge in [0, 0.05) is 22.7 Å². The van der Waals surface area contributed by atoms with Gasteiger partial charge in [-0.2, -0.15) is 9.78 Å². The molecule has 0 atom stereocenters. The molecule has 0 saturated heterocycles. The summed E-state index contributed by atoms with van der Waals surface area (Å²) in [5, 5.41) is 9.53. The molecule has 0 bridgehead atoms. The first kappa shape index (κ1) is 25.5. The number of nitrogens with zero attached hydrogens (tertiary/aromatic N) is 3. The smallest absolute Gasteiger partial charge is 0.283 e. The normalized spacial score (nSPS) is 11.1. The van der Waals surface area contributed by atoms with Crippen molar-refractivity contribution >= 4 is 51.7 Å². The maximum Gasteiger partial charge on any atom is 0.283 e. The number of aromatic nitrogens is 3. The topological polar surface area (TPSA) is 99.1 Å². The summed E-state index contributed by atoms with van der Waals surface area (Å²) in [5.41, 5.74) is 1.94. The Labute approximate surface area is 237 Å². The zero-order chi connectivity index (χ0) is 27.6. The van der Waals surface area contributed by atoms with Gasteiger partial charge in [0.05, 0.1) is 34.8 Å². The number of nitrogens with one attached hydrogen (secondary N) is 1. The van der Waals surface area contributed by atoms with E-state index in [0.29, 0.717) is 39.1 Å². The summed E-state index contributed by atoms with van der Waals surface area (Å²) in [6.45, 7) is 0.612. The van der Waals surface area contributed by atoms with Crippen molar-refractivity contribution in [3.8, 4) is 11.3 Å². The Bertz CT molecular complexity index is 1920. The highest BCUT2D eigenvalue weighted by Gasteiger charge is 2.20. The lowest BCUT2D eigenvalue weighted by molar-refractivity contribution is 0.0947. The molecule has 0 aliphatic rings. The van der Waals surface area contributed by atoms with E-state index in [1.54, 1.807) is 36.5 Å². The largest absolute Gasteiger partial charge is 0.472 e. The fourth-order valence-corrected chi connectivity index (χ4v) is 5.61. The van der Waals surface area contributed by atoms with E-state index in [9.17, 15) is 14.4 Å². The van der Waals surface area contributed by atoms with Crippen molar-refractivity contribution in [2.45, 2.75) is 13.1 Å². The molecule has 6 rings (SSSR count). The fourth-order valence-electron chi connectivity index (χ4n) is 4.58. The molecule has 0 aliphatic heterocycles. The van der Waals surface area contributed by atoms with Gasteiger partial charge in [-0.25, -0.2) is 0 Å². The fraction of sp³-hybridized carbons (Fsp3) is 0.0667. The molecule has 4 aromatic heterocycles. The van der Waals surface area contributed by atoms with E-state index >= 15 is 0 Å². The van der Waals surface area contributed by atoms with Crippen LogP contribution in [0.4, 0.5) is 5.82 Å². The minimum absolute atomic E-state index is 0.199. The quantitative estimate of drug-likeness (QED) is 0.215. The molecule has 4 heterocycles. The van der Waals surface area contributed by atoms with Crippen molar-refractivity contribution < 1.29 is 14.0 Å². The number of carbonyl (C=O) groups excluding carboxylic acids is 2. The van der Waals surface area contributed by atoms with E-state index in [1.807, 2.05) is 42.5 Å². The van der Waals surface area contributed by atoms with Gasteiger partial charge in [0.2, 0.25) is 0 Å². The maximum atomic E-state index is 13.6. The van der Waals surface area contributed by atoms with Crippen molar-refractivity contribution in [2.75, 3.05) is 5.32 Å². The summed E-state index contributed by atoms with van der Waals surface area (Å²) in [5.74, 6) is 0.00746. The van der Waals surface area contributed by atoms with Crippen LogP contribution in [0.2, 0.25) is 4.34 Å². The van der Waals surface area contributed by atoms with Crippen LogP contribution in [0.1, 0.15) is 31.2 Å². The van der Waals surface area contributed by atoms with Gasteiger partial charge >= 0.3 is 0 Å². The second-order valence-corrected chi connectivity index (χ2v) is 10.8. The Morgan fingerprint density at radius 1 is 1.07 bits per heavy atom. The Hall–Kier alpha value is -4.73. The number of hydrogen-bond acceptors (Lipinski definition) is 7. The SMILES string of the molecule is O=Cc1c(Cn2cccc(-c3cc(NCc4ccc(Cl)s4)n(C(=O)c4ccoc4)n3)c2=O)ccc2ccccc12. The number of anilines is 1. The highest BCUT2D eigenvalue weighted by atomic mass is 35.5. The van der Waals surface area contributed by atoms with Crippen molar-refractivity contribution in [2.24, 2.45) is 0 Å². The van der Waals surface area contributed by atoms with E-state index in [2.05, 4.69) is 10.4 Å². The Morgan fingerprint density at radius 3 is 2.73 bits per heavy atom. The van der Waals surface area contributed by atoms with Crippen LogP contribution < -0.4 is 10.9 Å². The summed E-state index contributed by atoms with van der Waals surface area (Å²) in [6.07, 6.45) is 5.25. The van der Waals surface area contributed by atoms with E-state index in [4.69, 9.17) is 16.0 Å². The summed E-state index contributed by atoms with van der Waals surface area (Å²) >= 11 is 7.49. The lowest BCUT2D eigenvalue weighted by Crippen LogP contribution is -2.22. The van der Waals surface area contributed by atoms with Gasteiger partial charge in [-0.05, 0) is 46.7 Å². The molecule has 2 aromatic carbocycles. The summed E-state index contributed by atoms with van der Waals surface area (Å²) in [6, 6.07) is 21.8. The van der Waals surface area contributed by atoms with Gasteiger partial charge in [0.15, 0.2) is 6.29 Å². The standard InChI is InChI=1S/C30H21ClN4O4S/c31-27-10-9-22(40-27)15-32-28-14-26(33-35(28)29(37)21-11-13-39-18-21)24-6-3-12-34(30(24)38)16-20-8-7-19-4-1-2-5-23(19)25(20)17-36/h1-14,17-18,32H,15-16H2. The zero-order valence-electron chi connectivity index (χ0n) is 20.9. The Kier molecular flexibility index (Phi) is 6.90. The van der Waals surface area contributed by atoms with Crippen LogP contribution in [0.5, 0.6) is 0 Å². The van der Waals surface area contributed by atoms with Crippen molar-refractivity contribution in [3.63, 3.8) is 0 Å². The third-order valence-electron chi connectivity index (χ3n) is 6.56. The maximum absolute atomic E-state index is 13.6. The molecule has 40 heavy (non-hydrogen) atoms. The van der Waals surface area contributed by atoms with E-state index < -0.39 is 5.91 Å². The van der Waals surface area contributed by atoms with Crippen LogP contribution in [0.3, 0.4) is 0 Å². The first-order valence-corrected chi connectivity index (χ1v) is 13.5. The Morgan fingerprint density at radius 2 is 1.95 bits per heavy atom. The number of aldehydes is 1. The van der Waals surface area contributed by atoms with E-state index in [-0.39, 0.29) is 12.1 Å². The summed E-state index contributed by atoms with van der Waals surface area (Å²) < 4.78 is 8.50. The third kappa shape index (κ3) is 4.88. The highest BCUT2D eigenvalue weighted by Crippen LogP contribution is 2.26. The number of furan rings is 1. The van der Waals surface area contributed by atoms with Crippen molar-refractivity contribution in [1.29, 1.82) is 0 Å². The predicted molar refractivity (Wildman–Crippen MR) is 155 cm³/mol. The van der Waals surface area contributed by atoms with Gasteiger partial charge in [0.1, 0.15) is 17.8 Å².